The summed E-state index contributed by atoms with van der Waals surface area (Å²) in [4.78, 5) is 21.4. The molecule has 90 valence electrons. The predicted molar refractivity (Wildman–Crippen MR) is 62.9 cm³/mol. The van der Waals surface area contributed by atoms with Crippen molar-refractivity contribution in [2.24, 2.45) is 10.8 Å². The molecule has 5 N–H and O–H groups in total. The number of aliphatic carboxylic acids is 1. The van der Waals surface area contributed by atoms with Gasteiger partial charge in [-0.1, -0.05) is 0 Å². The molecule has 0 bridgehead atoms. The van der Waals surface area contributed by atoms with Gasteiger partial charge in [0.05, 0.1) is 0 Å². The Hall–Kier alpha value is -1.70. The number of nitrogens with zero attached hydrogens (tertiary/aromatic N) is 1. The Bertz CT molecular complexity index is 306. The molecule has 0 fully saturated rings. The number of rotatable bonds is 6. The molecule has 0 aromatic carbocycles. The van der Waals surface area contributed by atoms with E-state index in [2.05, 4.69) is 28.1 Å². The van der Waals surface area contributed by atoms with Crippen molar-refractivity contribution < 1.29 is 14.7 Å². The fourth-order valence-corrected chi connectivity index (χ4v) is 0.970. The van der Waals surface area contributed by atoms with Crippen LogP contribution in [0.4, 0.5) is 0 Å². The molecule has 1 amide bonds. The molecule has 0 radical (unpaired) electrons. The van der Waals surface area contributed by atoms with Gasteiger partial charge in [0.2, 0.25) is 5.91 Å². The first-order valence-electron chi connectivity index (χ1n) is 4.50. The largest absolute Gasteiger partial charge is 0.480 e. The van der Waals surface area contributed by atoms with Crippen LogP contribution in [0.1, 0.15) is 19.8 Å². The molecule has 8 heteroatoms. The van der Waals surface area contributed by atoms with Gasteiger partial charge in [-0.2, -0.15) is 5.10 Å². The second kappa shape index (κ2) is 7.57. The summed E-state index contributed by atoms with van der Waals surface area (Å²) >= 11 is 4.50. The van der Waals surface area contributed by atoms with Gasteiger partial charge in [-0.25, -0.2) is 4.79 Å². The van der Waals surface area contributed by atoms with Gasteiger partial charge in [0.15, 0.2) is 5.11 Å². The highest BCUT2D eigenvalue weighted by atomic mass is 32.1. The van der Waals surface area contributed by atoms with Crippen LogP contribution >= 0.6 is 12.2 Å². The maximum atomic E-state index is 10.7. The highest BCUT2D eigenvalue weighted by Crippen LogP contribution is 1.95. The van der Waals surface area contributed by atoms with Crippen molar-refractivity contribution in [3.05, 3.63) is 0 Å². The van der Waals surface area contributed by atoms with E-state index in [9.17, 15) is 9.59 Å². The van der Waals surface area contributed by atoms with Gasteiger partial charge in [0, 0.05) is 13.1 Å². The Kier molecular flexibility index (Phi) is 6.77. The number of thiocarbonyl (C=S) groups is 1. The third kappa shape index (κ3) is 7.68. The van der Waals surface area contributed by atoms with E-state index in [0.717, 1.165) is 0 Å². The zero-order valence-electron chi connectivity index (χ0n) is 8.77. The predicted octanol–water partition coefficient (Wildman–Crippen LogP) is -0.825. The van der Waals surface area contributed by atoms with Crippen LogP contribution in [0.3, 0.4) is 0 Å². The lowest BCUT2D eigenvalue weighted by atomic mass is 10.1. The molecule has 0 aliphatic rings. The third-order valence-corrected chi connectivity index (χ3v) is 1.62. The summed E-state index contributed by atoms with van der Waals surface area (Å²) < 4.78 is 0. The van der Waals surface area contributed by atoms with E-state index in [1.807, 2.05) is 0 Å². The Morgan fingerprint density at radius 3 is 2.69 bits per heavy atom. The molecule has 1 atom stereocenters. The fraction of sp³-hybridized carbons (Fsp3) is 0.500. The monoisotopic (exact) mass is 246 g/mol. The van der Waals surface area contributed by atoms with Crippen LogP contribution < -0.4 is 16.5 Å². The smallest absolute Gasteiger partial charge is 0.326 e. The fourth-order valence-electron chi connectivity index (χ4n) is 0.918. The topological polar surface area (TPSA) is 117 Å². The minimum Gasteiger partial charge on any atom is -0.480 e. The van der Waals surface area contributed by atoms with Gasteiger partial charge >= 0.3 is 5.97 Å². The molecule has 0 saturated carbocycles. The van der Waals surface area contributed by atoms with Crippen LogP contribution in [0.25, 0.3) is 0 Å². The van der Waals surface area contributed by atoms with Gasteiger partial charge in [0.25, 0.3) is 0 Å². The van der Waals surface area contributed by atoms with E-state index in [4.69, 9.17) is 10.8 Å². The van der Waals surface area contributed by atoms with Crippen molar-refractivity contribution in [3.63, 3.8) is 0 Å². The second-order valence-corrected chi connectivity index (χ2v) is 3.40. The normalized spacial score (nSPS) is 12.1. The summed E-state index contributed by atoms with van der Waals surface area (Å²) in [6.07, 6.45) is 2.07. The summed E-state index contributed by atoms with van der Waals surface area (Å²) in [5.41, 5.74) is 7.44. The molecule has 0 aliphatic carbocycles. The molecule has 0 saturated heterocycles. The molecular formula is C8H14N4O3S. The van der Waals surface area contributed by atoms with Crippen LogP contribution in [0, 0.1) is 0 Å². The maximum absolute atomic E-state index is 10.7. The average molecular weight is 246 g/mol. The highest BCUT2D eigenvalue weighted by Gasteiger charge is 2.16. The van der Waals surface area contributed by atoms with E-state index >= 15 is 0 Å². The van der Waals surface area contributed by atoms with E-state index in [-0.39, 0.29) is 17.4 Å². The van der Waals surface area contributed by atoms with Gasteiger partial charge in [-0.3, -0.25) is 10.2 Å². The summed E-state index contributed by atoms with van der Waals surface area (Å²) in [7, 11) is 0. The van der Waals surface area contributed by atoms with Gasteiger partial charge < -0.3 is 16.2 Å². The van der Waals surface area contributed by atoms with Crippen molar-refractivity contribution in [2.75, 3.05) is 0 Å². The Balaban J connectivity index is 3.93. The number of carbonyl (C=O) groups excluding carboxylic acids is 1. The number of hydrogen-bond acceptors (Lipinski definition) is 4. The van der Waals surface area contributed by atoms with Crippen molar-refractivity contribution in [2.45, 2.75) is 25.8 Å². The summed E-state index contributed by atoms with van der Waals surface area (Å²) in [5, 5.41) is 14.7. The number of carboxylic acid groups (broad SMARTS) is 1. The SMILES string of the molecule is CC(=O)NC(CC/C=N\NC(N)=S)C(=O)O. The number of carboxylic acids is 1. The van der Waals surface area contributed by atoms with Gasteiger partial charge in [0.1, 0.15) is 6.04 Å². The van der Waals surface area contributed by atoms with Crippen LogP contribution in [0.2, 0.25) is 0 Å². The molecular weight excluding hydrogens is 232 g/mol. The van der Waals surface area contributed by atoms with Crippen LogP contribution in [0.5, 0.6) is 0 Å². The molecule has 1 unspecified atom stereocenters. The Morgan fingerprint density at radius 2 is 2.25 bits per heavy atom. The highest BCUT2D eigenvalue weighted by molar-refractivity contribution is 7.80. The Labute approximate surface area is 98.1 Å². The molecule has 7 nitrogen and oxygen atoms in total. The van der Waals surface area contributed by atoms with Crippen LogP contribution in [-0.4, -0.2) is 34.4 Å². The van der Waals surface area contributed by atoms with E-state index in [1.54, 1.807) is 0 Å². The first kappa shape index (κ1) is 14.3. The zero-order chi connectivity index (χ0) is 12.6. The standard InChI is InChI=1S/C8H14N4O3S/c1-5(13)11-6(7(14)15)3-2-4-10-12-8(9)16/h4,6H,2-3H2,1H3,(H,11,13)(H,14,15)(H3,9,12,16)/b10-4-. The van der Waals surface area contributed by atoms with Crippen molar-refractivity contribution >= 4 is 35.4 Å². The number of carbonyl (C=O) groups is 2. The average Bonchev–Trinajstić information content (AvgIpc) is 2.14. The lowest BCUT2D eigenvalue weighted by Crippen LogP contribution is -2.39. The molecule has 0 aliphatic heterocycles. The lowest BCUT2D eigenvalue weighted by Gasteiger charge is -2.11. The van der Waals surface area contributed by atoms with Crippen LogP contribution in [0.15, 0.2) is 5.10 Å². The molecule has 16 heavy (non-hydrogen) atoms. The van der Waals surface area contributed by atoms with Gasteiger partial charge in [-0.15, -0.1) is 0 Å². The quantitative estimate of drug-likeness (QED) is 0.276. The molecule has 0 spiro atoms. The zero-order valence-corrected chi connectivity index (χ0v) is 9.58. The summed E-state index contributed by atoms with van der Waals surface area (Å²) in [5.74, 6) is -1.46. The first-order chi connectivity index (χ1) is 7.43. The number of hydrazone groups is 1. The molecule has 0 aromatic heterocycles. The second-order valence-electron chi connectivity index (χ2n) is 2.96. The lowest BCUT2D eigenvalue weighted by molar-refractivity contribution is -0.141. The maximum Gasteiger partial charge on any atom is 0.326 e. The molecule has 0 rings (SSSR count). The van der Waals surface area contributed by atoms with Crippen molar-refractivity contribution in [3.8, 4) is 0 Å². The van der Waals surface area contributed by atoms with Gasteiger partial charge in [-0.05, 0) is 25.1 Å². The van der Waals surface area contributed by atoms with E-state index in [0.29, 0.717) is 6.42 Å². The van der Waals surface area contributed by atoms with Crippen molar-refractivity contribution in [1.82, 2.24) is 10.7 Å². The third-order valence-electron chi connectivity index (χ3n) is 1.53. The first-order valence-corrected chi connectivity index (χ1v) is 4.91. The van der Waals surface area contributed by atoms with Crippen LogP contribution in [-0.2, 0) is 9.59 Å². The number of hydrogen-bond donors (Lipinski definition) is 4. The molecule has 0 aromatic rings. The Morgan fingerprint density at radius 1 is 1.62 bits per heavy atom. The molecule has 0 heterocycles. The summed E-state index contributed by atoms with van der Waals surface area (Å²) in [6, 6.07) is -0.909. The van der Waals surface area contributed by atoms with Crippen molar-refractivity contribution in [1.29, 1.82) is 0 Å². The summed E-state index contributed by atoms with van der Waals surface area (Å²) in [6.45, 7) is 1.26. The minimum absolute atomic E-state index is 0.0351. The number of amides is 1. The van der Waals surface area contributed by atoms with E-state index < -0.39 is 12.0 Å². The minimum atomic E-state index is -1.08. The number of nitrogens with two attached hydrogens (primary N) is 1. The number of nitrogens with one attached hydrogen (secondary N) is 2. The van der Waals surface area contributed by atoms with E-state index in [1.165, 1.54) is 13.1 Å².